The summed E-state index contributed by atoms with van der Waals surface area (Å²) in [7, 11) is 0. The molecule has 218 valence electrons. The normalized spacial score (nSPS) is 27.3. The van der Waals surface area contributed by atoms with Crippen LogP contribution in [0.25, 0.3) is 0 Å². The lowest BCUT2D eigenvalue weighted by Gasteiger charge is -2.39. The number of aliphatic hydroxyl groups is 1. The highest BCUT2D eigenvalue weighted by atomic mass is 32.2. The van der Waals surface area contributed by atoms with E-state index in [-0.39, 0.29) is 29.6 Å². The molecule has 1 N–H and O–H groups in total. The van der Waals surface area contributed by atoms with Crippen molar-refractivity contribution in [3.05, 3.63) is 49.6 Å². The van der Waals surface area contributed by atoms with Gasteiger partial charge in [-0.1, -0.05) is 25.5 Å². The van der Waals surface area contributed by atoms with Crippen molar-refractivity contribution in [2.24, 2.45) is 11.8 Å². The van der Waals surface area contributed by atoms with E-state index in [9.17, 15) is 19.5 Å². The van der Waals surface area contributed by atoms with E-state index in [0.717, 1.165) is 25.0 Å². The Balaban J connectivity index is 1.72. The molecule has 8 nitrogen and oxygen atoms in total. The van der Waals surface area contributed by atoms with E-state index in [1.807, 2.05) is 31.2 Å². The molecule has 2 unspecified atom stereocenters. The van der Waals surface area contributed by atoms with E-state index >= 15 is 0 Å². The van der Waals surface area contributed by atoms with E-state index in [1.54, 1.807) is 45.5 Å². The SMILES string of the molecule is C=CCN(CCCC)C(=O)C1N([C@H](C)CO)C(=O)[C@@H]2[C@@H](C(=O)N(CC=C)c3ccc(OCC)cc3)[C@H]3CCC12S3. The van der Waals surface area contributed by atoms with Crippen LogP contribution in [0.2, 0.25) is 0 Å². The van der Waals surface area contributed by atoms with E-state index in [2.05, 4.69) is 20.1 Å². The lowest BCUT2D eigenvalue weighted by atomic mass is 9.70. The van der Waals surface area contributed by atoms with Gasteiger partial charge in [-0.15, -0.1) is 24.9 Å². The molecule has 6 atom stereocenters. The fourth-order valence-electron chi connectivity index (χ4n) is 6.70. The Kier molecular flexibility index (Phi) is 9.67. The van der Waals surface area contributed by atoms with Crippen LogP contribution in [0.15, 0.2) is 49.6 Å². The topological polar surface area (TPSA) is 90.4 Å². The molecule has 1 aromatic carbocycles. The molecule has 3 aliphatic heterocycles. The first-order valence-corrected chi connectivity index (χ1v) is 15.3. The van der Waals surface area contributed by atoms with Crippen LogP contribution in [0, 0.1) is 11.8 Å². The Morgan fingerprint density at radius 3 is 2.50 bits per heavy atom. The molecular formula is C31H43N3O5S. The Hall–Kier alpha value is -2.78. The van der Waals surface area contributed by atoms with Crippen LogP contribution in [-0.4, -0.2) is 87.6 Å². The number of likely N-dealkylation sites (tertiary alicyclic amines) is 1. The van der Waals surface area contributed by atoms with Crippen LogP contribution in [0.3, 0.4) is 0 Å². The minimum atomic E-state index is -0.727. The highest BCUT2D eigenvalue weighted by Crippen LogP contribution is 2.67. The van der Waals surface area contributed by atoms with Crippen molar-refractivity contribution in [2.75, 3.05) is 37.7 Å². The molecule has 1 aromatic rings. The summed E-state index contributed by atoms with van der Waals surface area (Å²) in [4.78, 5) is 47.9. The third kappa shape index (κ3) is 5.18. The molecule has 0 radical (unpaired) electrons. The number of unbranched alkanes of at least 4 members (excludes halogenated alkanes) is 1. The zero-order valence-electron chi connectivity index (χ0n) is 24.0. The van der Waals surface area contributed by atoms with Crippen LogP contribution >= 0.6 is 11.8 Å². The number of benzene rings is 1. The maximum Gasteiger partial charge on any atom is 0.247 e. The number of carbonyl (C=O) groups is 3. The zero-order chi connectivity index (χ0) is 29.0. The van der Waals surface area contributed by atoms with E-state index < -0.39 is 28.7 Å². The van der Waals surface area contributed by atoms with Gasteiger partial charge in [0.2, 0.25) is 17.7 Å². The number of nitrogens with zero attached hydrogens (tertiary/aromatic N) is 3. The number of hydrogen-bond acceptors (Lipinski definition) is 6. The number of fused-ring (bicyclic) bond motifs is 1. The van der Waals surface area contributed by atoms with Gasteiger partial charge in [0.1, 0.15) is 11.8 Å². The summed E-state index contributed by atoms with van der Waals surface area (Å²) in [6, 6.07) is 6.12. The average Bonchev–Trinajstić information content (AvgIpc) is 3.61. The molecule has 0 aliphatic carbocycles. The Morgan fingerprint density at radius 2 is 1.90 bits per heavy atom. The Labute approximate surface area is 242 Å². The van der Waals surface area contributed by atoms with Gasteiger partial charge in [-0.05, 0) is 57.4 Å². The highest BCUT2D eigenvalue weighted by Gasteiger charge is 2.74. The van der Waals surface area contributed by atoms with Gasteiger partial charge in [-0.3, -0.25) is 14.4 Å². The molecule has 2 bridgehead atoms. The molecule has 9 heteroatoms. The fourth-order valence-corrected chi connectivity index (χ4v) is 8.90. The highest BCUT2D eigenvalue weighted by molar-refractivity contribution is 8.02. The van der Waals surface area contributed by atoms with Crippen molar-refractivity contribution in [3.8, 4) is 5.75 Å². The minimum Gasteiger partial charge on any atom is -0.494 e. The summed E-state index contributed by atoms with van der Waals surface area (Å²) in [5.41, 5.74) is 0.713. The molecule has 1 spiro atoms. The molecule has 40 heavy (non-hydrogen) atoms. The lowest BCUT2D eigenvalue weighted by molar-refractivity contribution is -0.145. The standard InChI is InChI=1S/C31H43N3O5S/c1-6-10-19-32(17-7-2)30(38)27-31-16-15-24(40-31)25(26(31)29(37)34(27)21(5)20-35)28(36)33(18-8-3)22-11-13-23(14-12-22)39-9-4/h7-8,11-14,21,24-27,35H,2-3,6,9-10,15-20H2,1,4-5H3/t21-,24-,25+,26+,27?,31?/m1/s1. The van der Waals surface area contributed by atoms with Crippen LogP contribution < -0.4 is 9.64 Å². The summed E-state index contributed by atoms with van der Waals surface area (Å²) in [5, 5.41) is 10.1. The van der Waals surface area contributed by atoms with Gasteiger partial charge in [0.25, 0.3) is 0 Å². The first kappa shape index (κ1) is 30.2. The van der Waals surface area contributed by atoms with Crippen molar-refractivity contribution in [1.82, 2.24) is 9.80 Å². The van der Waals surface area contributed by atoms with Crippen LogP contribution in [0.4, 0.5) is 5.69 Å². The van der Waals surface area contributed by atoms with Gasteiger partial charge in [-0.25, -0.2) is 0 Å². The number of hydrogen-bond donors (Lipinski definition) is 1. The number of ether oxygens (including phenoxy) is 1. The summed E-state index contributed by atoms with van der Waals surface area (Å²) in [5.74, 6) is -0.904. The zero-order valence-corrected chi connectivity index (χ0v) is 24.8. The van der Waals surface area contributed by atoms with Crippen molar-refractivity contribution < 1.29 is 24.2 Å². The summed E-state index contributed by atoms with van der Waals surface area (Å²) < 4.78 is 4.87. The summed E-state index contributed by atoms with van der Waals surface area (Å²) >= 11 is 1.65. The molecule has 3 aliphatic rings. The number of aliphatic hydroxyl groups excluding tert-OH is 1. The average molecular weight is 570 g/mol. The Bertz CT molecular complexity index is 1110. The number of rotatable bonds is 14. The number of anilines is 1. The smallest absolute Gasteiger partial charge is 0.247 e. The first-order chi connectivity index (χ1) is 19.3. The Morgan fingerprint density at radius 1 is 1.20 bits per heavy atom. The van der Waals surface area contributed by atoms with E-state index in [0.29, 0.717) is 38.3 Å². The molecular weight excluding hydrogens is 526 g/mol. The molecule has 4 rings (SSSR count). The first-order valence-electron chi connectivity index (χ1n) is 14.4. The van der Waals surface area contributed by atoms with Gasteiger partial charge in [0.15, 0.2) is 0 Å². The monoisotopic (exact) mass is 569 g/mol. The van der Waals surface area contributed by atoms with Crippen molar-refractivity contribution in [1.29, 1.82) is 0 Å². The number of carbonyl (C=O) groups excluding carboxylic acids is 3. The van der Waals surface area contributed by atoms with Gasteiger partial charge in [-0.2, -0.15) is 0 Å². The second kappa shape index (κ2) is 12.8. The largest absolute Gasteiger partial charge is 0.494 e. The van der Waals surface area contributed by atoms with Gasteiger partial charge in [0.05, 0.1) is 35.8 Å². The maximum atomic E-state index is 14.3. The van der Waals surface area contributed by atoms with E-state index in [1.165, 1.54) is 0 Å². The summed E-state index contributed by atoms with van der Waals surface area (Å²) in [6.07, 6.45) is 6.64. The van der Waals surface area contributed by atoms with Crippen LogP contribution in [-0.2, 0) is 14.4 Å². The van der Waals surface area contributed by atoms with Crippen LogP contribution in [0.5, 0.6) is 5.75 Å². The third-order valence-electron chi connectivity index (χ3n) is 8.48. The molecule has 3 heterocycles. The van der Waals surface area contributed by atoms with Crippen LogP contribution in [0.1, 0.15) is 46.5 Å². The molecule has 3 amide bonds. The van der Waals surface area contributed by atoms with Gasteiger partial charge in [0, 0.05) is 30.6 Å². The van der Waals surface area contributed by atoms with Gasteiger partial charge >= 0.3 is 0 Å². The van der Waals surface area contributed by atoms with Crippen molar-refractivity contribution in [3.63, 3.8) is 0 Å². The van der Waals surface area contributed by atoms with E-state index in [4.69, 9.17) is 4.74 Å². The lowest BCUT2D eigenvalue weighted by Crippen LogP contribution is -2.57. The molecule has 0 aromatic heterocycles. The molecule has 3 saturated heterocycles. The predicted molar refractivity (Wildman–Crippen MR) is 159 cm³/mol. The van der Waals surface area contributed by atoms with Crippen molar-refractivity contribution >= 4 is 35.2 Å². The number of thioether (sulfide) groups is 1. The number of amides is 3. The van der Waals surface area contributed by atoms with Gasteiger partial charge < -0.3 is 24.5 Å². The summed E-state index contributed by atoms with van der Waals surface area (Å²) in [6.45, 7) is 15.1. The fraction of sp³-hybridized carbons (Fsp3) is 0.581. The minimum absolute atomic E-state index is 0.0538. The molecule has 0 saturated carbocycles. The second-order valence-corrected chi connectivity index (χ2v) is 12.5. The molecule has 3 fully saturated rings. The second-order valence-electron chi connectivity index (χ2n) is 10.9. The quantitative estimate of drug-likeness (QED) is 0.342. The third-order valence-corrected chi connectivity index (χ3v) is 10.4. The van der Waals surface area contributed by atoms with Crippen molar-refractivity contribution in [2.45, 2.75) is 68.5 Å². The predicted octanol–water partition coefficient (Wildman–Crippen LogP) is 3.89. The maximum absolute atomic E-state index is 14.3.